The summed E-state index contributed by atoms with van der Waals surface area (Å²) in [5.41, 5.74) is 0.750. The predicted octanol–water partition coefficient (Wildman–Crippen LogP) is 3.04. The minimum atomic E-state index is -0.795. The van der Waals surface area contributed by atoms with Crippen LogP contribution in [0.1, 0.15) is 37.8 Å². The van der Waals surface area contributed by atoms with Crippen molar-refractivity contribution in [3.05, 3.63) is 47.9 Å². The molecule has 2 N–H and O–H groups in total. The van der Waals surface area contributed by atoms with Gasteiger partial charge in [-0.2, -0.15) is 0 Å². The average Bonchev–Trinajstić information content (AvgIpc) is 2.50. The Bertz CT molecular complexity index is 603. The molecule has 5 nitrogen and oxygen atoms in total. The van der Waals surface area contributed by atoms with Crippen molar-refractivity contribution in [1.29, 1.82) is 0 Å². The Labute approximate surface area is 134 Å². The summed E-state index contributed by atoms with van der Waals surface area (Å²) in [5, 5.41) is 5.13. The number of carbonyl (C=O) groups excluding carboxylic acids is 2. The van der Waals surface area contributed by atoms with Gasteiger partial charge in [0, 0.05) is 5.70 Å². The molecule has 0 saturated carbocycles. The minimum Gasteiger partial charge on any atom is -0.465 e. The zero-order valence-corrected chi connectivity index (χ0v) is 13.1. The number of ether oxygens (including phenoxy) is 1. The topological polar surface area (TPSA) is 67.4 Å². The summed E-state index contributed by atoms with van der Waals surface area (Å²) >= 11 is 0. The number of halogens is 1. The van der Waals surface area contributed by atoms with E-state index in [9.17, 15) is 14.0 Å². The second-order valence-corrected chi connectivity index (χ2v) is 5.51. The largest absolute Gasteiger partial charge is 0.465 e. The summed E-state index contributed by atoms with van der Waals surface area (Å²) in [7, 11) is 0. The van der Waals surface area contributed by atoms with Crippen molar-refractivity contribution >= 4 is 12.0 Å². The Morgan fingerprint density at radius 1 is 1.39 bits per heavy atom. The summed E-state index contributed by atoms with van der Waals surface area (Å²) in [6.45, 7) is 6.12. The van der Waals surface area contributed by atoms with Crippen LogP contribution in [0.4, 0.5) is 9.18 Å². The molecule has 0 aliphatic carbocycles. The van der Waals surface area contributed by atoms with Gasteiger partial charge in [-0.25, -0.2) is 9.18 Å². The second kappa shape index (κ2) is 7.76. The highest BCUT2D eigenvalue weighted by Crippen LogP contribution is 2.30. The molecule has 1 aromatic rings. The number of benzene rings is 1. The summed E-state index contributed by atoms with van der Waals surface area (Å²) in [6.07, 6.45) is 2.78. The third-order valence-electron chi connectivity index (χ3n) is 3.72. The van der Waals surface area contributed by atoms with E-state index < -0.39 is 29.8 Å². The van der Waals surface area contributed by atoms with Gasteiger partial charge in [-0.1, -0.05) is 38.5 Å². The van der Waals surface area contributed by atoms with Crippen LogP contribution in [-0.2, 0) is 9.53 Å². The molecule has 23 heavy (non-hydrogen) atoms. The van der Waals surface area contributed by atoms with E-state index in [1.165, 1.54) is 18.2 Å². The highest BCUT2D eigenvalue weighted by molar-refractivity contribution is 5.85. The van der Waals surface area contributed by atoms with Crippen LogP contribution >= 0.6 is 0 Å². The fourth-order valence-corrected chi connectivity index (χ4v) is 2.55. The van der Waals surface area contributed by atoms with Crippen molar-refractivity contribution < 1.29 is 18.7 Å². The summed E-state index contributed by atoms with van der Waals surface area (Å²) in [5.74, 6) is -1.71. The smallest absolute Gasteiger partial charge is 0.319 e. The molecule has 1 aliphatic rings. The van der Waals surface area contributed by atoms with Crippen molar-refractivity contribution in [2.24, 2.45) is 5.92 Å². The van der Waals surface area contributed by atoms with Crippen molar-refractivity contribution in [2.75, 3.05) is 6.61 Å². The lowest BCUT2D eigenvalue weighted by atomic mass is 9.89. The van der Waals surface area contributed by atoms with Crippen molar-refractivity contribution in [3.8, 4) is 0 Å². The van der Waals surface area contributed by atoms with Crippen LogP contribution in [0.25, 0.3) is 0 Å². The molecule has 2 atom stereocenters. The van der Waals surface area contributed by atoms with E-state index in [-0.39, 0.29) is 5.70 Å². The van der Waals surface area contributed by atoms with Gasteiger partial charge in [0.05, 0.1) is 12.6 Å². The van der Waals surface area contributed by atoms with Crippen LogP contribution in [-0.4, -0.2) is 18.6 Å². The lowest BCUT2D eigenvalue weighted by molar-refractivity contribution is -0.148. The lowest BCUT2D eigenvalue weighted by Crippen LogP contribution is -2.51. The van der Waals surface area contributed by atoms with E-state index in [0.717, 1.165) is 19.3 Å². The van der Waals surface area contributed by atoms with E-state index >= 15 is 0 Å². The van der Waals surface area contributed by atoms with Gasteiger partial charge in [-0.3, -0.25) is 4.79 Å². The van der Waals surface area contributed by atoms with Gasteiger partial charge in [0.2, 0.25) is 0 Å². The Morgan fingerprint density at radius 2 is 2.17 bits per heavy atom. The zero-order valence-electron chi connectivity index (χ0n) is 13.1. The zero-order chi connectivity index (χ0) is 16.8. The van der Waals surface area contributed by atoms with E-state index in [1.54, 1.807) is 6.07 Å². The van der Waals surface area contributed by atoms with Gasteiger partial charge in [0.1, 0.15) is 11.7 Å². The number of urea groups is 1. The SMILES string of the molecule is C=C1NC(=O)N[C@H](c2cccc(F)c2)[C@H]1C(=O)OCCCCC. The molecule has 0 aromatic heterocycles. The van der Waals surface area contributed by atoms with Gasteiger partial charge >= 0.3 is 12.0 Å². The molecule has 2 rings (SSSR count). The quantitative estimate of drug-likeness (QED) is 0.625. The molecule has 0 radical (unpaired) electrons. The number of carbonyl (C=O) groups is 2. The van der Waals surface area contributed by atoms with Crippen LogP contribution in [0.2, 0.25) is 0 Å². The highest BCUT2D eigenvalue weighted by Gasteiger charge is 2.38. The summed E-state index contributed by atoms with van der Waals surface area (Å²) in [6, 6.07) is 4.61. The fraction of sp³-hybridized carbons (Fsp3) is 0.412. The normalized spacial score (nSPS) is 20.6. The van der Waals surface area contributed by atoms with Crippen molar-refractivity contribution in [1.82, 2.24) is 10.6 Å². The maximum absolute atomic E-state index is 13.5. The van der Waals surface area contributed by atoms with Gasteiger partial charge in [0.15, 0.2) is 0 Å². The van der Waals surface area contributed by atoms with Gasteiger partial charge in [0.25, 0.3) is 0 Å². The Morgan fingerprint density at radius 3 is 2.87 bits per heavy atom. The first-order chi connectivity index (χ1) is 11.0. The second-order valence-electron chi connectivity index (χ2n) is 5.51. The Kier molecular flexibility index (Phi) is 5.73. The molecule has 1 saturated heterocycles. The van der Waals surface area contributed by atoms with E-state index in [1.807, 2.05) is 0 Å². The molecule has 1 aromatic carbocycles. The van der Waals surface area contributed by atoms with Crippen LogP contribution < -0.4 is 10.6 Å². The first kappa shape index (κ1) is 17.0. The minimum absolute atomic E-state index is 0.253. The number of hydrogen-bond donors (Lipinski definition) is 2. The molecule has 2 amide bonds. The molecule has 1 fully saturated rings. The van der Waals surface area contributed by atoms with Crippen LogP contribution in [0, 0.1) is 11.7 Å². The molecule has 124 valence electrons. The predicted molar refractivity (Wildman–Crippen MR) is 83.9 cm³/mol. The third kappa shape index (κ3) is 4.31. The van der Waals surface area contributed by atoms with Crippen LogP contribution in [0.3, 0.4) is 0 Å². The number of unbranched alkanes of at least 4 members (excludes halogenated alkanes) is 2. The lowest BCUT2D eigenvalue weighted by Gasteiger charge is -2.33. The van der Waals surface area contributed by atoms with Gasteiger partial charge in [-0.15, -0.1) is 0 Å². The van der Waals surface area contributed by atoms with Crippen LogP contribution in [0.15, 0.2) is 36.5 Å². The van der Waals surface area contributed by atoms with Crippen molar-refractivity contribution in [2.45, 2.75) is 32.2 Å². The molecule has 1 heterocycles. The van der Waals surface area contributed by atoms with Gasteiger partial charge < -0.3 is 15.4 Å². The third-order valence-corrected chi connectivity index (χ3v) is 3.72. The van der Waals surface area contributed by atoms with Crippen molar-refractivity contribution in [3.63, 3.8) is 0 Å². The molecular weight excluding hydrogens is 299 g/mol. The summed E-state index contributed by atoms with van der Waals surface area (Å²) in [4.78, 5) is 24.1. The van der Waals surface area contributed by atoms with E-state index in [2.05, 4.69) is 24.1 Å². The number of nitrogens with one attached hydrogen (secondary N) is 2. The first-order valence-corrected chi connectivity index (χ1v) is 7.71. The molecular formula is C17H21FN2O3. The maximum atomic E-state index is 13.5. The number of esters is 1. The van der Waals surface area contributed by atoms with Gasteiger partial charge in [-0.05, 0) is 24.1 Å². The monoisotopic (exact) mass is 320 g/mol. The van der Waals surface area contributed by atoms with E-state index in [0.29, 0.717) is 12.2 Å². The highest BCUT2D eigenvalue weighted by atomic mass is 19.1. The standard InChI is InChI=1S/C17H21FN2O3/c1-3-4-5-9-23-16(21)14-11(2)19-17(22)20-15(14)12-7-6-8-13(18)10-12/h6-8,10,14-15H,2-5,9H2,1H3,(H2,19,20,22)/t14-,15+/m0/s1. The van der Waals surface area contributed by atoms with Crippen LogP contribution in [0.5, 0.6) is 0 Å². The molecule has 0 unspecified atom stereocenters. The number of amides is 2. The molecule has 1 aliphatic heterocycles. The van der Waals surface area contributed by atoms with E-state index in [4.69, 9.17) is 4.74 Å². The maximum Gasteiger partial charge on any atom is 0.319 e. The fourth-order valence-electron chi connectivity index (χ4n) is 2.55. The number of hydrogen-bond acceptors (Lipinski definition) is 3. The first-order valence-electron chi connectivity index (χ1n) is 7.71. The molecule has 6 heteroatoms. The number of rotatable bonds is 6. The Hall–Kier alpha value is -2.37. The Balaban J connectivity index is 2.16. The average molecular weight is 320 g/mol. The molecule has 0 bridgehead atoms. The summed E-state index contributed by atoms with van der Waals surface area (Å²) < 4.78 is 18.8. The molecule has 0 spiro atoms.